The van der Waals surface area contributed by atoms with Crippen molar-refractivity contribution in [2.24, 2.45) is 5.73 Å². The average Bonchev–Trinajstić information content (AvgIpc) is 2.26. The molecule has 1 rings (SSSR count). The van der Waals surface area contributed by atoms with Gasteiger partial charge in [-0.25, -0.2) is 18.6 Å². The first kappa shape index (κ1) is 12.8. The molecular weight excluding hydrogens is 242 g/mol. The van der Waals surface area contributed by atoms with Gasteiger partial charge in [0.25, 0.3) is 6.43 Å². The number of ether oxygens (including phenoxy) is 1. The normalized spacial score (nSPS) is 10.6. The van der Waals surface area contributed by atoms with Crippen LogP contribution in [0.3, 0.4) is 0 Å². The Morgan fingerprint density at radius 1 is 1.69 bits per heavy atom. The van der Waals surface area contributed by atoms with Crippen molar-refractivity contribution in [1.29, 1.82) is 0 Å². The molecule has 16 heavy (non-hydrogen) atoms. The molecule has 0 aliphatic carbocycles. The highest BCUT2D eigenvalue weighted by atomic mass is 35.5. The van der Waals surface area contributed by atoms with Gasteiger partial charge in [0.2, 0.25) is 0 Å². The Morgan fingerprint density at radius 2 is 2.31 bits per heavy atom. The largest absolute Gasteiger partial charge is 0.465 e. The van der Waals surface area contributed by atoms with Gasteiger partial charge in [0, 0.05) is 12.1 Å². The summed E-state index contributed by atoms with van der Waals surface area (Å²) in [5.74, 6) is -0.948. The van der Waals surface area contributed by atoms with Gasteiger partial charge in [-0.3, -0.25) is 0 Å². The monoisotopic (exact) mass is 250 g/mol. The molecule has 0 atom stereocenters. The Kier molecular flexibility index (Phi) is 4.14. The SMILES string of the molecule is COC(=O)c1c(C(F)F)cc(CN)nc1Cl. The number of carbonyl (C=O) groups is 1. The van der Waals surface area contributed by atoms with Crippen molar-refractivity contribution in [3.8, 4) is 0 Å². The van der Waals surface area contributed by atoms with Gasteiger partial charge in [-0.2, -0.15) is 0 Å². The maximum absolute atomic E-state index is 12.7. The first-order chi connectivity index (χ1) is 7.51. The van der Waals surface area contributed by atoms with E-state index in [1.807, 2.05) is 0 Å². The number of carbonyl (C=O) groups excluding carboxylic acids is 1. The third-order valence-electron chi connectivity index (χ3n) is 1.89. The molecule has 0 aliphatic heterocycles. The summed E-state index contributed by atoms with van der Waals surface area (Å²) in [7, 11) is 1.07. The molecule has 0 saturated carbocycles. The van der Waals surface area contributed by atoms with Crippen molar-refractivity contribution in [1.82, 2.24) is 4.98 Å². The van der Waals surface area contributed by atoms with E-state index in [0.29, 0.717) is 0 Å². The Hall–Kier alpha value is -1.27. The molecule has 0 aliphatic rings. The van der Waals surface area contributed by atoms with Crippen molar-refractivity contribution in [2.45, 2.75) is 13.0 Å². The molecule has 0 fully saturated rings. The number of esters is 1. The van der Waals surface area contributed by atoms with Crippen molar-refractivity contribution >= 4 is 17.6 Å². The van der Waals surface area contributed by atoms with E-state index in [0.717, 1.165) is 13.2 Å². The Morgan fingerprint density at radius 3 is 2.75 bits per heavy atom. The molecule has 0 bridgehead atoms. The molecule has 0 amide bonds. The molecule has 1 aromatic heterocycles. The maximum atomic E-state index is 12.7. The number of aromatic nitrogens is 1. The van der Waals surface area contributed by atoms with Gasteiger partial charge < -0.3 is 10.5 Å². The Balaban J connectivity index is 3.39. The van der Waals surface area contributed by atoms with E-state index in [4.69, 9.17) is 17.3 Å². The zero-order valence-corrected chi connectivity index (χ0v) is 9.09. The third-order valence-corrected chi connectivity index (χ3v) is 2.17. The average molecular weight is 251 g/mol. The van der Waals surface area contributed by atoms with Gasteiger partial charge in [-0.1, -0.05) is 11.6 Å². The quantitative estimate of drug-likeness (QED) is 0.657. The van der Waals surface area contributed by atoms with Crippen molar-refractivity contribution in [3.05, 3.63) is 28.0 Å². The van der Waals surface area contributed by atoms with E-state index in [-0.39, 0.29) is 17.4 Å². The summed E-state index contributed by atoms with van der Waals surface area (Å²) in [4.78, 5) is 15.0. The molecule has 0 aromatic carbocycles. The molecule has 4 nitrogen and oxygen atoms in total. The van der Waals surface area contributed by atoms with Crippen LogP contribution in [-0.4, -0.2) is 18.1 Å². The van der Waals surface area contributed by atoms with Crippen LogP contribution in [0.1, 0.15) is 28.0 Å². The van der Waals surface area contributed by atoms with Crippen LogP contribution in [-0.2, 0) is 11.3 Å². The summed E-state index contributed by atoms with van der Waals surface area (Å²) in [6.45, 7) is -0.0408. The van der Waals surface area contributed by atoms with Gasteiger partial charge in [0.1, 0.15) is 10.7 Å². The number of nitrogens with two attached hydrogens (primary N) is 1. The lowest BCUT2D eigenvalue weighted by atomic mass is 10.1. The van der Waals surface area contributed by atoms with Gasteiger partial charge in [-0.05, 0) is 6.07 Å². The van der Waals surface area contributed by atoms with E-state index in [1.165, 1.54) is 0 Å². The Bertz CT molecular complexity index is 413. The van der Waals surface area contributed by atoms with Crippen molar-refractivity contribution in [3.63, 3.8) is 0 Å². The summed E-state index contributed by atoms with van der Waals surface area (Å²) in [5, 5.41) is -0.329. The van der Waals surface area contributed by atoms with Crippen LogP contribution in [0.15, 0.2) is 6.07 Å². The number of hydrogen-bond acceptors (Lipinski definition) is 4. The second-order valence-electron chi connectivity index (χ2n) is 2.87. The fraction of sp³-hybridized carbons (Fsp3) is 0.333. The molecule has 0 unspecified atom stereocenters. The number of rotatable bonds is 3. The van der Waals surface area contributed by atoms with Gasteiger partial charge >= 0.3 is 5.97 Å². The molecule has 1 aromatic rings. The number of halogens is 3. The van der Waals surface area contributed by atoms with Gasteiger partial charge in [0.15, 0.2) is 0 Å². The fourth-order valence-corrected chi connectivity index (χ4v) is 1.46. The summed E-state index contributed by atoms with van der Waals surface area (Å²) in [5.41, 5.74) is 4.51. The van der Waals surface area contributed by atoms with Crippen LogP contribution < -0.4 is 5.73 Å². The first-order valence-electron chi connectivity index (χ1n) is 4.27. The van der Waals surface area contributed by atoms with Crippen LogP contribution in [0.2, 0.25) is 5.15 Å². The molecule has 1 heterocycles. The fourth-order valence-electron chi connectivity index (χ4n) is 1.17. The van der Waals surface area contributed by atoms with Gasteiger partial charge in [-0.15, -0.1) is 0 Å². The molecule has 88 valence electrons. The molecule has 7 heteroatoms. The zero-order valence-electron chi connectivity index (χ0n) is 8.34. The minimum atomic E-state index is -2.85. The highest BCUT2D eigenvalue weighted by Gasteiger charge is 2.24. The molecular formula is C9H9ClF2N2O2. The minimum Gasteiger partial charge on any atom is -0.465 e. The van der Waals surface area contributed by atoms with E-state index in [1.54, 1.807) is 0 Å². The van der Waals surface area contributed by atoms with E-state index in [2.05, 4.69) is 9.72 Å². The van der Waals surface area contributed by atoms with E-state index in [9.17, 15) is 13.6 Å². The summed E-state index contributed by atoms with van der Waals surface area (Å²) < 4.78 is 29.7. The number of methoxy groups -OCH3 is 1. The summed E-state index contributed by atoms with van der Waals surface area (Å²) in [6, 6.07) is 1.04. The molecule has 0 saturated heterocycles. The lowest BCUT2D eigenvalue weighted by Crippen LogP contribution is -2.11. The molecule has 2 N–H and O–H groups in total. The van der Waals surface area contributed by atoms with E-state index < -0.39 is 23.5 Å². The number of pyridine rings is 1. The van der Waals surface area contributed by atoms with Crippen LogP contribution in [0, 0.1) is 0 Å². The summed E-state index contributed by atoms with van der Waals surface area (Å²) >= 11 is 5.63. The second-order valence-corrected chi connectivity index (χ2v) is 3.22. The maximum Gasteiger partial charge on any atom is 0.341 e. The molecule has 0 spiro atoms. The predicted molar refractivity (Wildman–Crippen MR) is 53.4 cm³/mol. The van der Waals surface area contributed by atoms with E-state index >= 15 is 0 Å². The van der Waals surface area contributed by atoms with Crippen LogP contribution in [0.4, 0.5) is 8.78 Å². The standard InChI is InChI=1S/C9H9ClF2N2O2/c1-16-9(15)6-5(8(11)12)2-4(3-13)14-7(6)10/h2,8H,3,13H2,1H3. The van der Waals surface area contributed by atoms with Crippen molar-refractivity contribution in [2.75, 3.05) is 7.11 Å². The predicted octanol–water partition coefficient (Wildman–Crippen LogP) is 1.92. The van der Waals surface area contributed by atoms with Crippen LogP contribution >= 0.6 is 11.6 Å². The smallest absolute Gasteiger partial charge is 0.341 e. The second kappa shape index (κ2) is 5.18. The van der Waals surface area contributed by atoms with Crippen LogP contribution in [0.25, 0.3) is 0 Å². The zero-order chi connectivity index (χ0) is 12.3. The highest BCUT2D eigenvalue weighted by Crippen LogP contribution is 2.28. The lowest BCUT2D eigenvalue weighted by Gasteiger charge is -2.10. The summed E-state index contributed by atoms with van der Waals surface area (Å²) in [6.07, 6.45) is -2.85. The Labute approximate surface area is 95.4 Å². The lowest BCUT2D eigenvalue weighted by molar-refractivity contribution is 0.0589. The van der Waals surface area contributed by atoms with Gasteiger partial charge in [0.05, 0.1) is 12.8 Å². The topological polar surface area (TPSA) is 65.2 Å². The molecule has 0 radical (unpaired) electrons. The number of nitrogens with zero attached hydrogens (tertiary/aromatic N) is 1. The number of hydrogen-bond donors (Lipinski definition) is 1. The minimum absolute atomic E-state index is 0.0408. The van der Waals surface area contributed by atoms with Crippen LogP contribution in [0.5, 0.6) is 0 Å². The number of alkyl halides is 2. The highest BCUT2D eigenvalue weighted by molar-refractivity contribution is 6.32. The first-order valence-corrected chi connectivity index (χ1v) is 4.64. The van der Waals surface area contributed by atoms with Crippen molar-refractivity contribution < 1.29 is 18.3 Å². The third kappa shape index (κ3) is 2.45.